The molecule has 0 aliphatic rings. The molecule has 0 radical (unpaired) electrons. The number of pyridine rings is 1. The van der Waals surface area contributed by atoms with Crippen LogP contribution in [0.4, 0.5) is 5.82 Å². The van der Waals surface area contributed by atoms with Crippen molar-refractivity contribution in [2.75, 3.05) is 32.1 Å². The van der Waals surface area contributed by atoms with Gasteiger partial charge in [0.1, 0.15) is 5.82 Å². The van der Waals surface area contributed by atoms with E-state index < -0.39 is 0 Å². The van der Waals surface area contributed by atoms with E-state index in [1.54, 1.807) is 24.7 Å². The van der Waals surface area contributed by atoms with Crippen LogP contribution < -0.4 is 10.2 Å². The first-order valence-corrected chi connectivity index (χ1v) is 11.1. The molecular weight excluding hydrogens is 461 g/mol. The summed E-state index contributed by atoms with van der Waals surface area (Å²) >= 11 is 12.7. The predicted molar refractivity (Wildman–Crippen MR) is 132 cm³/mol. The van der Waals surface area contributed by atoms with Crippen molar-refractivity contribution >= 4 is 45.9 Å². The Morgan fingerprint density at radius 3 is 2.82 bits per heavy atom. The number of benzene rings is 2. The highest BCUT2D eigenvalue weighted by atomic mass is 35.5. The number of methoxy groups -OCH3 is 1. The Balaban J connectivity index is 1.49. The van der Waals surface area contributed by atoms with E-state index in [2.05, 4.69) is 15.2 Å². The molecule has 0 saturated heterocycles. The molecule has 170 valence electrons. The van der Waals surface area contributed by atoms with Crippen LogP contribution in [0, 0.1) is 0 Å². The van der Waals surface area contributed by atoms with Gasteiger partial charge in [0.25, 0.3) is 0 Å². The van der Waals surface area contributed by atoms with Crippen LogP contribution in [0.15, 0.2) is 61.2 Å². The minimum Gasteiger partial charge on any atom is -0.465 e. The van der Waals surface area contributed by atoms with E-state index in [0.717, 1.165) is 22.5 Å². The van der Waals surface area contributed by atoms with Crippen molar-refractivity contribution in [2.24, 2.45) is 0 Å². The number of carbonyl (C=O) groups is 1. The van der Waals surface area contributed by atoms with Gasteiger partial charge in [0.2, 0.25) is 0 Å². The SMILES string of the molecule is COC(=O)c1cccc(CNCCN(C)c2cc(-n3ccnc3)c3ccc(Cl)c(Cl)c3n2)c1. The molecular formula is C24H23Cl2N5O2. The quantitative estimate of drug-likeness (QED) is 0.288. The maximum atomic E-state index is 11.7. The Labute approximate surface area is 201 Å². The summed E-state index contributed by atoms with van der Waals surface area (Å²) in [6, 6.07) is 13.1. The third kappa shape index (κ3) is 5.11. The van der Waals surface area contributed by atoms with Crippen molar-refractivity contribution in [3.8, 4) is 5.69 Å². The minimum atomic E-state index is -0.341. The van der Waals surface area contributed by atoms with Gasteiger partial charge in [-0.1, -0.05) is 35.3 Å². The average molecular weight is 484 g/mol. The summed E-state index contributed by atoms with van der Waals surface area (Å²) in [7, 11) is 3.35. The fourth-order valence-electron chi connectivity index (χ4n) is 3.53. The van der Waals surface area contributed by atoms with Crippen LogP contribution in [0.1, 0.15) is 15.9 Å². The Kier molecular flexibility index (Phi) is 7.13. The summed E-state index contributed by atoms with van der Waals surface area (Å²) < 4.78 is 6.71. The molecule has 0 aliphatic heterocycles. The molecule has 33 heavy (non-hydrogen) atoms. The molecule has 0 spiro atoms. The van der Waals surface area contributed by atoms with Gasteiger partial charge in [-0.3, -0.25) is 0 Å². The summed E-state index contributed by atoms with van der Waals surface area (Å²) in [5, 5.41) is 5.18. The van der Waals surface area contributed by atoms with Crippen LogP contribution in [-0.4, -0.2) is 47.8 Å². The van der Waals surface area contributed by atoms with Crippen molar-refractivity contribution in [3.05, 3.63) is 82.4 Å². The number of likely N-dealkylation sites (N-methyl/N-ethyl adjacent to an activating group) is 1. The van der Waals surface area contributed by atoms with Gasteiger partial charge in [0.15, 0.2) is 0 Å². The molecule has 4 aromatic rings. The molecule has 1 N–H and O–H groups in total. The highest BCUT2D eigenvalue weighted by Gasteiger charge is 2.14. The average Bonchev–Trinajstić information content (AvgIpc) is 3.38. The van der Waals surface area contributed by atoms with Gasteiger partial charge in [-0.25, -0.2) is 14.8 Å². The van der Waals surface area contributed by atoms with Crippen LogP contribution in [-0.2, 0) is 11.3 Å². The van der Waals surface area contributed by atoms with Crippen LogP contribution in [0.3, 0.4) is 0 Å². The zero-order valence-corrected chi connectivity index (χ0v) is 19.8. The van der Waals surface area contributed by atoms with Gasteiger partial charge >= 0.3 is 5.97 Å². The first-order valence-electron chi connectivity index (χ1n) is 10.3. The molecule has 0 bridgehead atoms. The number of hydrogen-bond acceptors (Lipinski definition) is 6. The number of nitrogens with zero attached hydrogens (tertiary/aromatic N) is 4. The Morgan fingerprint density at radius 1 is 1.21 bits per heavy atom. The standard InChI is InChI=1S/C24H23Cl2N5O2/c1-30(10-8-27-14-16-4-3-5-17(12-16)24(32)33-2)21-13-20(31-11-9-28-15-31)18-6-7-19(25)22(26)23(18)29-21/h3-7,9,11-13,15,27H,8,10,14H2,1-2H3. The van der Waals surface area contributed by atoms with Crippen LogP contribution in [0.2, 0.25) is 10.0 Å². The molecule has 0 fully saturated rings. The zero-order valence-electron chi connectivity index (χ0n) is 18.3. The van der Waals surface area contributed by atoms with Crippen molar-refractivity contribution in [2.45, 2.75) is 6.54 Å². The van der Waals surface area contributed by atoms with E-state index in [1.165, 1.54) is 7.11 Å². The number of fused-ring (bicyclic) bond motifs is 1. The number of imidazole rings is 1. The monoisotopic (exact) mass is 483 g/mol. The van der Waals surface area contributed by atoms with Gasteiger partial charge in [-0.15, -0.1) is 0 Å². The number of hydrogen-bond donors (Lipinski definition) is 1. The highest BCUT2D eigenvalue weighted by molar-refractivity contribution is 6.45. The maximum Gasteiger partial charge on any atom is 0.337 e. The molecule has 4 rings (SSSR count). The topological polar surface area (TPSA) is 72.3 Å². The number of halogens is 2. The number of esters is 1. The zero-order chi connectivity index (χ0) is 23.4. The smallest absolute Gasteiger partial charge is 0.337 e. The first-order chi connectivity index (χ1) is 16.0. The predicted octanol–water partition coefficient (Wildman–Crippen LogP) is 4.74. The molecule has 0 amide bonds. The van der Waals surface area contributed by atoms with Gasteiger partial charge in [-0.2, -0.15) is 0 Å². The first kappa shape index (κ1) is 23.0. The molecule has 7 nitrogen and oxygen atoms in total. The number of carbonyl (C=O) groups excluding carboxylic acids is 1. The number of nitrogens with one attached hydrogen (secondary N) is 1. The number of anilines is 1. The van der Waals surface area contributed by atoms with Crippen molar-refractivity contribution < 1.29 is 9.53 Å². The fraction of sp³-hybridized carbons (Fsp3) is 0.208. The van der Waals surface area contributed by atoms with Crippen molar-refractivity contribution in [1.29, 1.82) is 0 Å². The van der Waals surface area contributed by atoms with Gasteiger partial charge < -0.3 is 19.5 Å². The molecule has 0 saturated carbocycles. The second-order valence-electron chi connectivity index (χ2n) is 7.52. The molecule has 2 aromatic carbocycles. The molecule has 2 aromatic heterocycles. The lowest BCUT2D eigenvalue weighted by Gasteiger charge is -2.21. The Bertz CT molecular complexity index is 1280. The lowest BCUT2D eigenvalue weighted by molar-refractivity contribution is 0.0600. The minimum absolute atomic E-state index is 0.341. The summed E-state index contributed by atoms with van der Waals surface area (Å²) in [6.45, 7) is 2.05. The van der Waals surface area contributed by atoms with E-state index in [4.69, 9.17) is 32.9 Å². The maximum absolute atomic E-state index is 11.7. The Hall–Kier alpha value is -3.13. The van der Waals surface area contributed by atoms with Crippen molar-refractivity contribution in [1.82, 2.24) is 19.9 Å². The summed E-state index contributed by atoms with van der Waals surface area (Å²) in [5.41, 5.74) is 3.11. The summed E-state index contributed by atoms with van der Waals surface area (Å²) in [5.74, 6) is 0.427. The second kappa shape index (κ2) is 10.2. The lowest BCUT2D eigenvalue weighted by Crippen LogP contribution is -2.29. The third-order valence-electron chi connectivity index (χ3n) is 5.31. The van der Waals surface area contributed by atoms with E-state index >= 15 is 0 Å². The van der Waals surface area contributed by atoms with Crippen LogP contribution >= 0.6 is 23.2 Å². The van der Waals surface area contributed by atoms with E-state index in [1.807, 2.05) is 48.1 Å². The summed E-state index contributed by atoms with van der Waals surface area (Å²) in [6.07, 6.45) is 5.35. The van der Waals surface area contributed by atoms with Crippen LogP contribution in [0.5, 0.6) is 0 Å². The fourth-order valence-corrected chi connectivity index (χ4v) is 3.89. The number of aromatic nitrogens is 3. The number of ether oxygens (including phenoxy) is 1. The largest absolute Gasteiger partial charge is 0.465 e. The van der Waals surface area contributed by atoms with Crippen molar-refractivity contribution in [3.63, 3.8) is 0 Å². The molecule has 0 unspecified atom stereocenters. The molecule has 0 atom stereocenters. The van der Waals surface area contributed by atoms with E-state index in [9.17, 15) is 4.79 Å². The van der Waals surface area contributed by atoms with Gasteiger partial charge in [-0.05, 0) is 29.8 Å². The highest BCUT2D eigenvalue weighted by Crippen LogP contribution is 2.34. The molecule has 2 heterocycles. The van der Waals surface area contributed by atoms with Gasteiger partial charge in [0.05, 0.1) is 40.2 Å². The second-order valence-corrected chi connectivity index (χ2v) is 8.30. The normalized spacial score (nSPS) is 11.0. The molecule has 0 aliphatic carbocycles. The summed E-state index contributed by atoms with van der Waals surface area (Å²) in [4.78, 5) is 22.7. The van der Waals surface area contributed by atoms with E-state index in [0.29, 0.717) is 40.8 Å². The molecule has 9 heteroatoms. The number of rotatable bonds is 8. The van der Waals surface area contributed by atoms with E-state index in [-0.39, 0.29) is 5.97 Å². The van der Waals surface area contributed by atoms with Crippen LogP contribution in [0.25, 0.3) is 16.6 Å². The Morgan fingerprint density at radius 2 is 2.06 bits per heavy atom. The van der Waals surface area contributed by atoms with Gasteiger partial charge in [0, 0.05) is 50.5 Å². The third-order valence-corrected chi connectivity index (χ3v) is 6.11. The lowest BCUT2D eigenvalue weighted by atomic mass is 10.1.